The lowest BCUT2D eigenvalue weighted by atomic mass is 10.1. The molecule has 0 saturated heterocycles. The van der Waals surface area contributed by atoms with E-state index in [4.69, 9.17) is 0 Å². The molecule has 4 rings (SSSR count). The summed E-state index contributed by atoms with van der Waals surface area (Å²) in [7, 11) is 0. The van der Waals surface area contributed by atoms with E-state index in [1.807, 2.05) is 48.5 Å². The number of benzene rings is 3. The SMILES string of the molecule is CC(CCc1ccccc1)NC(=O)CCc1cn(Cc2ccccc2F)c2ccccc12. The molecule has 0 saturated carbocycles. The molecule has 0 aliphatic carbocycles. The largest absolute Gasteiger partial charge is 0.354 e. The Morgan fingerprint density at radius 3 is 2.44 bits per heavy atom. The molecular formula is C28H29FN2O. The van der Waals surface area contributed by atoms with Crippen LogP contribution in [0.25, 0.3) is 10.9 Å². The normalized spacial score (nSPS) is 12.1. The predicted octanol–water partition coefficient (Wildman–Crippen LogP) is 5.90. The minimum atomic E-state index is -0.198. The molecule has 3 nitrogen and oxygen atoms in total. The Morgan fingerprint density at radius 2 is 1.62 bits per heavy atom. The third kappa shape index (κ3) is 5.44. The number of aryl methyl sites for hydroxylation is 2. The van der Waals surface area contributed by atoms with Gasteiger partial charge in [-0.3, -0.25) is 4.79 Å². The summed E-state index contributed by atoms with van der Waals surface area (Å²) < 4.78 is 16.2. The maximum Gasteiger partial charge on any atom is 0.220 e. The molecule has 1 unspecified atom stereocenters. The number of aromatic nitrogens is 1. The van der Waals surface area contributed by atoms with Gasteiger partial charge in [0.05, 0.1) is 6.54 Å². The van der Waals surface area contributed by atoms with E-state index < -0.39 is 0 Å². The zero-order chi connectivity index (χ0) is 22.3. The zero-order valence-corrected chi connectivity index (χ0v) is 18.4. The average Bonchev–Trinajstić information content (AvgIpc) is 3.16. The van der Waals surface area contributed by atoms with E-state index in [0.29, 0.717) is 24.9 Å². The third-order valence-electron chi connectivity index (χ3n) is 5.91. The first-order chi connectivity index (χ1) is 15.6. The van der Waals surface area contributed by atoms with Crippen LogP contribution in [0.3, 0.4) is 0 Å². The Kier molecular flexibility index (Phi) is 7.00. The molecule has 164 valence electrons. The minimum Gasteiger partial charge on any atom is -0.354 e. The molecule has 32 heavy (non-hydrogen) atoms. The molecule has 0 spiro atoms. The van der Waals surface area contributed by atoms with E-state index in [0.717, 1.165) is 29.3 Å². The lowest BCUT2D eigenvalue weighted by Gasteiger charge is -2.14. The zero-order valence-electron chi connectivity index (χ0n) is 18.4. The summed E-state index contributed by atoms with van der Waals surface area (Å²) in [6.45, 7) is 2.52. The van der Waals surface area contributed by atoms with E-state index in [2.05, 4.69) is 41.2 Å². The first kappa shape index (κ1) is 21.8. The number of hydrogen-bond acceptors (Lipinski definition) is 1. The highest BCUT2D eigenvalue weighted by atomic mass is 19.1. The number of nitrogens with one attached hydrogen (secondary N) is 1. The summed E-state index contributed by atoms with van der Waals surface area (Å²) in [6.07, 6.45) is 5.01. The molecule has 0 aliphatic heterocycles. The van der Waals surface area contributed by atoms with Gasteiger partial charge in [0.2, 0.25) is 5.91 Å². The highest BCUT2D eigenvalue weighted by molar-refractivity contribution is 5.85. The first-order valence-corrected chi connectivity index (χ1v) is 11.2. The molecule has 1 N–H and O–H groups in total. The number of para-hydroxylation sites is 1. The van der Waals surface area contributed by atoms with Gasteiger partial charge in [0.15, 0.2) is 0 Å². The predicted molar refractivity (Wildman–Crippen MR) is 128 cm³/mol. The van der Waals surface area contributed by atoms with Crippen LogP contribution in [0.2, 0.25) is 0 Å². The second-order valence-electron chi connectivity index (χ2n) is 8.38. The summed E-state index contributed by atoms with van der Waals surface area (Å²) >= 11 is 0. The molecule has 4 aromatic rings. The standard InChI is InChI=1S/C28H29FN2O/c1-21(15-16-22-9-3-2-4-10-22)30-28(32)18-17-23-19-31(27-14-8-6-12-25(23)27)20-24-11-5-7-13-26(24)29/h2-14,19,21H,15-18,20H2,1H3,(H,30,32). The maximum atomic E-state index is 14.2. The van der Waals surface area contributed by atoms with Gasteiger partial charge in [-0.15, -0.1) is 0 Å². The summed E-state index contributed by atoms with van der Waals surface area (Å²) in [5.74, 6) is -0.132. The Labute approximate surface area is 188 Å². The molecule has 0 radical (unpaired) electrons. The average molecular weight is 429 g/mol. The van der Waals surface area contributed by atoms with Gasteiger partial charge >= 0.3 is 0 Å². The van der Waals surface area contributed by atoms with Crippen LogP contribution < -0.4 is 5.32 Å². The van der Waals surface area contributed by atoms with Gasteiger partial charge < -0.3 is 9.88 Å². The van der Waals surface area contributed by atoms with Crippen molar-refractivity contribution in [2.24, 2.45) is 0 Å². The van der Waals surface area contributed by atoms with Crippen molar-refractivity contribution in [1.29, 1.82) is 0 Å². The highest BCUT2D eigenvalue weighted by Crippen LogP contribution is 2.24. The van der Waals surface area contributed by atoms with E-state index in [9.17, 15) is 9.18 Å². The topological polar surface area (TPSA) is 34.0 Å². The Bertz CT molecular complexity index is 1180. The molecule has 1 aromatic heterocycles. The first-order valence-electron chi connectivity index (χ1n) is 11.2. The van der Waals surface area contributed by atoms with Gasteiger partial charge in [-0.05, 0) is 49.4 Å². The van der Waals surface area contributed by atoms with Gasteiger partial charge in [-0.2, -0.15) is 0 Å². The van der Waals surface area contributed by atoms with E-state index >= 15 is 0 Å². The maximum absolute atomic E-state index is 14.2. The van der Waals surface area contributed by atoms with Gasteiger partial charge in [0.1, 0.15) is 5.82 Å². The number of fused-ring (bicyclic) bond motifs is 1. The lowest BCUT2D eigenvalue weighted by molar-refractivity contribution is -0.121. The molecule has 3 aromatic carbocycles. The van der Waals surface area contributed by atoms with Crippen LogP contribution >= 0.6 is 0 Å². The van der Waals surface area contributed by atoms with Crippen molar-refractivity contribution in [3.63, 3.8) is 0 Å². The van der Waals surface area contributed by atoms with Crippen molar-refractivity contribution in [1.82, 2.24) is 9.88 Å². The molecule has 1 atom stereocenters. The summed E-state index contributed by atoms with van der Waals surface area (Å²) in [4.78, 5) is 12.5. The summed E-state index contributed by atoms with van der Waals surface area (Å²) in [5, 5.41) is 4.25. The second-order valence-corrected chi connectivity index (χ2v) is 8.38. The van der Waals surface area contributed by atoms with E-state index in [1.54, 1.807) is 6.07 Å². The van der Waals surface area contributed by atoms with Crippen LogP contribution in [0.5, 0.6) is 0 Å². The Balaban J connectivity index is 1.37. The van der Waals surface area contributed by atoms with Gasteiger partial charge in [0, 0.05) is 35.1 Å². The number of halogens is 1. The lowest BCUT2D eigenvalue weighted by Crippen LogP contribution is -2.33. The third-order valence-corrected chi connectivity index (χ3v) is 5.91. The number of hydrogen-bond donors (Lipinski definition) is 1. The van der Waals surface area contributed by atoms with Crippen LogP contribution in [0.4, 0.5) is 4.39 Å². The van der Waals surface area contributed by atoms with E-state index in [-0.39, 0.29) is 17.8 Å². The quantitative estimate of drug-likeness (QED) is 0.354. The van der Waals surface area contributed by atoms with Crippen LogP contribution in [0.1, 0.15) is 36.5 Å². The number of rotatable bonds is 9. The van der Waals surface area contributed by atoms with Crippen LogP contribution in [-0.2, 0) is 24.2 Å². The smallest absolute Gasteiger partial charge is 0.220 e. The Hall–Kier alpha value is -3.40. The molecule has 0 bridgehead atoms. The second kappa shape index (κ2) is 10.3. The van der Waals surface area contributed by atoms with Gasteiger partial charge in [-0.1, -0.05) is 66.7 Å². The fourth-order valence-corrected chi connectivity index (χ4v) is 4.16. The van der Waals surface area contributed by atoms with Gasteiger partial charge in [-0.25, -0.2) is 4.39 Å². The molecule has 0 fully saturated rings. The summed E-state index contributed by atoms with van der Waals surface area (Å²) in [6, 6.07) is 25.4. The number of carbonyl (C=O) groups excluding carboxylic acids is 1. The van der Waals surface area contributed by atoms with Crippen LogP contribution in [-0.4, -0.2) is 16.5 Å². The molecule has 0 aliphatic rings. The summed E-state index contributed by atoms with van der Waals surface area (Å²) in [5.41, 5.74) is 4.12. The van der Waals surface area contributed by atoms with Crippen molar-refractivity contribution < 1.29 is 9.18 Å². The van der Waals surface area contributed by atoms with Gasteiger partial charge in [0.25, 0.3) is 0 Å². The highest BCUT2D eigenvalue weighted by Gasteiger charge is 2.13. The molecule has 1 heterocycles. The molecular weight excluding hydrogens is 399 g/mol. The molecule has 4 heteroatoms. The monoisotopic (exact) mass is 428 g/mol. The number of nitrogens with zero attached hydrogens (tertiary/aromatic N) is 1. The van der Waals surface area contributed by atoms with Crippen molar-refractivity contribution >= 4 is 16.8 Å². The minimum absolute atomic E-state index is 0.0662. The van der Waals surface area contributed by atoms with E-state index in [1.165, 1.54) is 11.6 Å². The van der Waals surface area contributed by atoms with Crippen molar-refractivity contribution in [3.05, 3.63) is 108 Å². The molecule has 1 amide bonds. The van der Waals surface area contributed by atoms with Crippen LogP contribution in [0.15, 0.2) is 85.1 Å². The van der Waals surface area contributed by atoms with Crippen molar-refractivity contribution in [2.75, 3.05) is 0 Å². The number of amides is 1. The Morgan fingerprint density at radius 1 is 0.906 bits per heavy atom. The fourth-order valence-electron chi connectivity index (χ4n) is 4.16. The fraction of sp³-hybridized carbons (Fsp3) is 0.250. The van der Waals surface area contributed by atoms with Crippen LogP contribution in [0, 0.1) is 5.82 Å². The van der Waals surface area contributed by atoms with Crippen molar-refractivity contribution in [2.45, 2.75) is 45.2 Å². The number of carbonyl (C=O) groups is 1. The van der Waals surface area contributed by atoms with Crippen molar-refractivity contribution in [3.8, 4) is 0 Å².